The number of nitrogen functional groups attached to an aromatic ring is 1. The second-order valence-corrected chi connectivity index (χ2v) is 5.34. The summed E-state index contributed by atoms with van der Waals surface area (Å²) in [6.45, 7) is 4.77. The Hall–Kier alpha value is -1.71. The molecule has 0 fully saturated rings. The number of hydrogen-bond donors (Lipinski definition) is 1. The lowest BCUT2D eigenvalue weighted by molar-refractivity contribution is 0.0495. The molecule has 0 saturated heterocycles. The molecule has 0 radical (unpaired) electrons. The Morgan fingerprint density at radius 2 is 2.05 bits per heavy atom. The number of anilines is 2. The third kappa shape index (κ3) is 4.81. The number of benzene rings is 1. The molecule has 4 heteroatoms. The first-order valence-corrected chi connectivity index (χ1v) is 6.65. The summed E-state index contributed by atoms with van der Waals surface area (Å²) in [5.74, 6) is 0.322. The van der Waals surface area contributed by atoms with Crippen LogP contribution in [0.5, 0.6) is 0 Å². The van der Waals surface area contributed by atoms with Gasteiger partial charge in [-0.15, -0.1) is 0 Å². The van der Waals surface area contributed by atoms with Gasteiger partial charge in [0.2, 0.25) is 0 Å². The van der Waals surface area contributed by atoms with Crippen molar-refractivity contribution in [2.75, 3.05) is 31.3 Å². The molecule has 0 atom stereocenters. The predicted molar refractivity (Wildman–Crippen MR) is 79.5 cm³/mol. The van der Waals surface area contributed by atoms with Crippen molar-refractivity contribution < 1.29 is 9.53 Å². The number of carbonyl (C=O) groups excluding carboxylic acids is 1. The molecule has 0 bridgehead atoms. The maximum atomic E-state index is 12.1. The van der Waals surface area contributed by atoms with Crippen molar-refractivity contribution in [3.63, 3.8) is 0 Å². The summed E-state index contributed by atoms with van der Waals surface area (Å²) < 4.78 is 5.30. The van der Waals surface area contributed by atoms with Crippen molar-refractivity contribution in [3.8, 4) is 0 Å². The molecule has 0 heterocycles. The van der Waals surface area contributed by atoms with Crippen LogP contribution in [0.25, 0.3) is 0 Å². The second kappa shape index (κ2) is 7.02. The average molecular weight is 264 g/mol. The predicted octanol–water partition coefficient (Wildman–Crippen LogP) is 2.93. The van der Waals surface area contributed by atoms with E-state index in [2.05, 4.69) is 13.8 Å². The highest BCUT2D eigenvalue weighted by Crippen LogP contribution is 2.22. The molecular weight excluding hydrogens is 240 g/mol. The van der Waals surface area contributed by atoms with Crippen molar-refractivity contribution in [2.45, 2.75) is 26.7 Å². The molecule has 19 heavy (non-hydrogen) atoms. The highest BCUT2D eigenvalue weighted by molar-refractivity contribution is 5.96. The maximum absolute atomic E-state index is 12.1. The minimum Gasteiger partial charge on any atom is -0.462 e. The number of rotatable bonds is 6. The molecule has 1 rings (SSSR count). The lowest BCUT2D eigenvalue weighted by atomic mass is 10.1. The number of carbonyl (C=O) groups is 1. The zero-order valence-electron chi connectivity index (χ0n) is 12.3. The topological polar surface area (TPSA) is 55.6 Å². The van der Waals surface area contributed by atoms with Gasteiger partial charge in [0.05, 0.1) is 17.9 Å². The number of ether oxygens (including phenoxy) is 1. The van der Waals surface area contributed by atoms with E-state index in [-0.39, 0.29) is 5.97 Å². The van der Waals surface area contributed by atoms with Crippen molar-refractivity contribution in [2.24, 2.45) is 5.92 Å². The zero-order valence-corrected chi connectivity index (χ0v) is 12.3. The van der Waals surface area contributed by atoms with Crippen LogP contribution in [0.1, 0.15) is 37.0 Å². The molecule has 106 valence electrons. The van der Waals surface area contributed by atoms with Gasteiger partial charge in [-0.2, -0.15) is 0 Å². The van der Waals surface area contributed by atoms with E-state index in [4.69, 9.17) is 10.5 Å². The number of nitrogens with zero attached hydrogens (tertiary/aromatic N) is 1. The Morgan fingerprint density at radius 3 is 2.63 bits per heavy atom. The van der Waals surface area contributed by atoms with Gasteiger partial charge in [0.25, 0.3) is 0 Å². The molecule has 1 aromatic carbocycles. The first-order chi connectivity index (χ1) is 8.91. The smallest absolute Gasteiger partial charge is 0.340 e. The Balaban J connectivity index is 2.68. The molecular formula is C15H24N2O2. The van der Waals surface area contributed by atoms with Crippen LogP contribution in [0, 0.1) is 5.92 Å². The van der Waals surface area contributed by atoms with Gasteiger partial charge in [0, 0.05) is 19.8 Å². The Kier molecular flexibility index (Phi) is 5.67. The fourth-order valence-corrected chi connectivity index (χ4v) is 1.84. The summed E-state index contributed by atoms with van der Waals surface area (Å²) in [5.41, 5.74) is 7.65. The van der Waals surface area contributed by atoms with Gasteiger partial charge in [-0.05, 0) is 37.0 Å². The van der Waals surface area contributed by atoms with Crippen molar-refractivity contribution in [1.82, 2.24) is 0 Å². The summed E-state index contributed by atoms with van der Waals surface area (Å²) in [4.78, 5) is 13.9. The third-order valence-corrected chi connectivity index (χ3v) is 2.88. The van der Waals surface area contributed by atoms with Gasteiger partial charge in [-0.25, -0.2) is 4.79 Å². The summed E-state index contributed by atoms with van der Waals surface area (Å²) in [5, 5.41) is 0. The fourth-order valence-electron chi connectivity index (χ4n) is 1.84. The lowest BCUT2D eigenvalue weighted by Gasteiger charge is -2.17. The van der Waals surface area contributed by atoms with Crippen LogP contribution >= 0.6 is 0 Å². The zero-order chi connectivity index (χ0) is 14.4. The summed E-state index contributed by atoms with van der Waals surface area (Å²) in [7, 11) is 3.78. The number of esters is 1. The Labute approximate surface area is 115 Å². The molecule has 1 aromatic rings. The SMILES string of the molecule is CC(C)CCCOC(=O)c1cc(N)ccc1N(C)C. The van der Waals surface area contributed by atoms with Crippen LogP contribution in [-0.4, -0.2) is 26.7 Å². The summed E-state index contributed by atoms with van der Waals surface area (Å²) in [6, 6.07) is 5.28. The first kappa shape index (κ1) is 15.3. The van der Waals surface area contributed by atoms with E-state index >= 15 is 0 Å². The quantitative estimate of drug-likeness (QED) is 0.487. The molecule has 0 aliphatic carbocycles. The van der Waals surface area contributed by atoms with Gasteiger partial charge in [0.15, 0.2) is 0 Å². The van der Waals surface area contributed by atoms with Gasteiger partial charge in [0.1, 0.15) is 0 Å². The first-order valence-electron chi connectivity index (χ1n) is 6.65. The van der Waals surface area contributed by atoms with Crippen LogP contribution in [0.2, 0.25) is 0 Å². The molecule has 2 N–H and O–H groups in total. The molecule has 0 aromatic heterocycles. The Morgan fingerprint density at radius 1 is 1.37 bits per heavy atom. The largest absolute Gasteiger partial charge is 0.462 e. The highest BCUT2D eigenvalue weighted by Gasteiger charge is 2.14. The lowest BCUT2D eigenvalue weighted by Crippen LogP contribution is -2.16. The molecule has 0 spiro atoms. The number of hydrogen-bond acceptors (Lipinski definition) is 4. The summed E-state index contributed by atoms with van der Waals surface area (Å²) >= 11 is 0. The van der Waals surface area contributed by atoms with Gasteiger partial charge < -0.3 is 15.4 Å². The van der Waals surface area contributed by atoms with Crippen LogP contribution in [0.3, 0.4) is 0 Å². The summed E-state index contributed by atoms with van der Waals surface area (Å²) in [6.07, 6.45) is 1.95. The van der Waals surface area contributed by atoms with E-state index in [0.717, 1.165) is 18.5 Å². The highest BCUT2D eigenvalue weighted by atomic mass is 16.5. The standard InChI is InChI=1S/C15H24N2O2/c1-11(2)6-5-9-19-15(18)13-10-12(16)7-8-14(13)17(3)4/h7-8,10-11H,5-6,9,16H2,1-4H3. The van der Waals surface area contributed by atoms with E-state index in [0.29, 0.717) is 23.8 Å². The van der Waals surface area contributed by atoms with E-state index in [9.17, 15) is 4.79 Å². The molecule has 0 unspecified atom stereocenters. The Bertz CT molecular complexity index is 428. The monoisotopic (exact) mass is 264 g/mol. The average Bonchev–Trinajstić information content (AvgIpc) is 2.33. The van der Waals surface area contributed by atoms with Gasteiger partial charge >= 0.3 is 5.97 Å². The van der Waals surface area contributed by atoms with E-state index in [1.54, 1.807) is 12.1 Å². The van der Waals surface area contributed by atoms with Crippen LogP contribution in [0.15, 0.2) is 18.2 Å². The van der Waals surface area contributed by atoms with Gasteiger partial charge in [-0.1, -0.05) is 13.8 Å². The van der Waals surface area contributed by atoms with Crippen molar-refractivity contribution in [1.29, 1.82) is 0 Å². The molecule has 0 aliphatic rings. The normalized spacial score (nSPS) is 10.6. The van der Waals surface area contributed by atoms with Crippen LogP contribution < -0.4 is 10.6 Å². The van der Waals surface area contributed by atoms with Crippen LogP contribution in [0.4, 0.5) is 11.4 Å². The van der Waals surface area contributed by atoms with E-state index < -0.39 is 0 Å². The third-order valence-electron chi connectivity index (χ3n) is 2.88. The van der Waals surface area contributed by atoms with E-state index in [1.807, 2.05) is 25.1 Å². The van der Waals surface area contributed by atoms with Gasteiger partial charge in [-0.3, -0.25) is 0 Å². The van der Waals surface area contributed by atoms with Crippen LogP contribution in [-0.2, 0) is 4.74 Å². The van der Waals surface area contributed by atoms with E-state index in [1.165, 1.54) is 0 Å². The minimum atomic E-state index is -0.306. The van der Waals surface area contributed by atoms with Crippen molar-refractivity contribution >= 4 is 17.3 Å². The van der Waals surface area contributed by atoms with Crippen molar-refractivity contribution in [3.05, 3.63) is 23.8 Å². The molecule has 0 aliphatic heterocycles. The fraction of sp³-hybridized carbons (Fsp3) is 0.533. The molecule has 4 nitrogen and oxygen atoms in total. The minimum absolute atomic E-state index is 0.306. The maximum Gasteiger partial charge on any atom is 0.340 e. The molecule has 0 saturated carbocycles. The molecule has 0 amide bonds. The number of nitrogens with two attached hydrogens (primary N) is 1. The second-order valence-electron chi connectivity index (χ2n) is 5.34.